The van der Waals surface area contributed by atoms with E-state index in [0.717, 1.165) is 22.2 Å². The van der Waals surface area contributed by atoms with Gasteiger partial charge in [-0.15, -0.1) is 0 Å². The van der Waals surface area contributed by atoms with E-state index in [1.165, 1.54) is 13.2 Å². The number of allylic oxidation sites excluding steroid dienone is 1. The molecular weight excluding hydrogens is 412 g/mol. The van der Waals surface area contributed by atoms with Crippen LogP contribution in [0.1, 0.15) is 12.6 Å². The van der Waals surface area contributed by atoms with E-state index in [2.05, 4.69) is 10.3 Å². The van der Waals surface area contributed by atoms with Gasteiger partial charge < -0.3 is 24.5 Å². The van der Waals surface area contributed by atoms with Crippen LogP contribution in [0.2, 0.25) is 0 Å². The van der Waals surface area contributed by atoms with Crippen LogP contribution in [0.3, 0.4) is 0 Å². The molecule has 1 aliphatic carbocycles. The van der Waals surface area contributed by atoms with Crippen molar-refractivity contribution in [2.24, 2.45) is 5.92 Å². The fourth-order valence-electron chi connectivity index (χ4n) is 3.88. The van der Waals surface area contributed by atoms with Gasteiger partial charge in [-0.3, -0.25) is 4.79 Å². The predicted molar refractivity (Wildman–Crippen MR) is 116 cm³/mol. The van der Waals surface area contributed by atoms with Gasteiger partial charge in [0.05, 0.1) is 7.11 Å². The summed E-state index contributed by atoms with van der Waals surface area (Å²) in [5, 5.41) is 3.68. The maximum absolute atomic E-state index is 12.5. The maximum Gasteiger partial charge on any atom is 0.331 e. The number of H-pyrrole nitrogens is 1. The monoisotopic (exact) mass is 436 g/mol. The van der Waals surface area contributed by atoms with E-state index in [4.69, 9.17) is 14.2 Å². The number of esters is 2. The SMILES string of the molecule is COC(=O)C(Cc1cc2ccccc2[nH]1)NC(=O)COC1=CC2OC(=O)C=C(C)C2C=C1. The number of para-hydroxylation sites is 1. The highest BCUT2D eigenvalue weighted by Crippen LogP contribution is 2.29. The fourth-order valence-corrected chi connectivity index (χ4v) is 3.88. The van der Waals surface area contributed by atoms with Gasteiger partial charge in [-0.25, -0.2) is 9.59 Å². The Bertz CT molecular complexity index is 1110. The van der Waals surface area contributed by atoms with Crippen LogP contribution >= 0.6 is 0 Å². The molecule has 1 aliphatic heterocycles. The summed E-state index contributed by atoms with van der Waals surface area (Å²) in [5.74, 6) is -1.02. The number of nitrogens with one attached hydrogen (secondary N) is 2. The minimum atomic E-state index is -0.864. The van der Waals surface area contributed by atoms with E-state index in [9.17, 15) is 14.4 Å². The summed E-state index contributed by atoms with van der Waals surface area (Å²) < 4.78 is 15.7. The Balaban J connectivity index is 1.36. The average molecular weight is 436 g/mol. The molecule has 2 aliphatic rings. The predicted octanol–water partition coefficient (Wildman–Crippen LogP) is 2.33. The molecule has 4 rings (SSSR count). The quantitative estimate of drug-likeness (QED) is 0.646. The number of benzene rings is 1. The first kappa shape index (κ1) is 21.4. The zero-order chi connectivity index (χ0) is 22.7. The zero-order valence-corrected chi connectivity index (χ0v) is 17.8. The van der Waals surface area contributed by atoms with E-state index in [1.54, 1.807) is 12.2 Å². The molecule has 0 spiro atoms. The van der Waals surface area contributed by atoms with E-state index in [1.807, 2.05) is 43.3 Å². The summed E-state index contributed by atoms with van der Waals surface area (Å²) in [5.41, 5.74) is 2.66. The minimum absolute atomic E-state index is 0.0334. The fraction of sp³-hybridized carbons (Fsp3) is 0.292. The molecule has 1 amide bonds. The highest BCUT2D eigenvalue weighted by molar-refractivity contribution is 5.86. The molecule has 1 aromatic heterocycles. The number of carbonyl (C=O) groups excluding carboxylic acids is 3. The van der Waals surface area contributed by atoms with Crippen LogP contribution < -0.4 is 5.32 Å². The van der Waals surface area contributed by atoms with Crippen LogP contribution in [-0.4, -0.2) is 48.7 Å². The smallest absolute Gasteiger partial charge is 0.331 e. The second-order valence-electron chi connectivity index (χ2n) is 7.76. The van der Waals surface area contributed by atoms with Gasteiger partial charge in [-0.2, -0.15) is 0 Å². The lowest BCUT2D eigenvalue weighted by Crippen LogP contribution is -2.44. The Morgan fingerprint density at radius 1 is 1.28 bits per heavy atom. The molecule has 0 bridgehead atoms. The molecule has 8 nitrogen and oxygen atoms in total. The average Bonchev–Trinajstić information content (AvgIpc) is 3.18. The number of fused-ring (bicyclic) bond motifs is 2. The number of methoxy groups -OCH3 is 1. The third kappa shape index (κ3) is 4.74. The second-order valence-corrected chi connectivity index (χ2v) is 7.76. The number of amides is 1. The molecule has 166 valence electrons. The Labute approximate surface area is 184 Å². The lowest BCUT2D eigenvalue weighted by Gasteiger charge is -2.29. The normalized spacial score (nSPS) is 20.5. The van der Waals surface area contributed by atoms with Crippen LogP contribution in [-0.2, 0) is 35.0 Å². The van der Waals surface area contributed by atoms with Crippen molar-refractivity contribution in [2.45, 2.75) is 25.5 Å². The van der Waals surface area contributed by atoms with E-state index in [-0.39, 0.29) is 18.9 Å². The molecule has 2 aromatic rings. The minimum Gasteiger partial charge on any atom is -0.484 e. The first-order chi connectivity index (χ1) is 15.4. The molecule has 0 saturated heterocycles. The van der Waals surface area contributed by atoms with Crippen molar-refractivity contribution in [2.75, 3.05) is 13.7 Å². The van der Waals surface area contributed by atoms with Gasteiger partial charge in [0.25, 0.3) is 5.91 Å². The molecule has 3 atom stereocenters. The van der Waals surface area contributed by atoms with Gasteiger partial charge in [0.2, 0.25) is 0 Å². The van der Waals surface area contributed by atoms with Crippen molar-refractivity contribution in [3.63, 3.8) is 0 Å². The third-order valence-corrected chi connectivity index (χ3v) is 5.47. The standard InChI is InChI=1S/C24H24N2O6/c1-14-9-23(28)32-21-12-17(7-8-18(14)21)31-13-22(27)26-20(24(29)30-2)11-16-10-15-5-3-4-6-19(15)25-16/h3-10,12,18,20-21,25H,11,13H2,1-2H3,(H,26,27). The van der Waals surface area contributed by atoms with Gasteiger partial charge in [0, 0.05) is 29.6 Å². The summed E-state index contributed by atoms with van der Waals surface area (Å²) in [6.45, 7) is 1.58. The maximum atomic E-state index is 12.5. The topological polar surface area (TPSA) is 107 Å². The van der Waals surface area contributed by atoms with Crippen molar-refractivity contribution in [3.8, 4) is 0 Å². The molecule has 0 radical (unpaired) electrons. The molecule has 32 heavy (non-hydrogen) atoms. The number of aromatic amines is 1. The van der Waals surface area contributed by atoms with Crippen LogP contribution in [0.25, 0.3) is 10.9 Å². The summed E-state index contributed by atoms with van der Waals surface area (Å²) in [6, 6.07) is 8.82. The molecule has 0 saturated carbocycles. The number of ether oxygens (including phenoxy) is 3. The number of aromatic nitrogens is 1. The molecular formula is C24H24N2O6. The van der Waals surface area contributed by atoms with Gasteiger partial charge in [0.1, 0.15) is 17.9 Å². The molecule has 2 heterocycles. The van der Waals surface area contributed by atoms with Crippen LogP contribution in [0, 0.1) is 5.92 Å². The Morgan fingerprint density at radius 2 is 2.09 bits per heavy atom. The summed E-state index contributed by atoms with van der Waals surface area (Å²) in [7, 11) is 1.28. The molecule has 2 N–H and O–H groups in total. The molecule has 1 aromatic carbocycles. The Hall–Kier alpha value is -3.81. The van der Waals surface area contributed by atoms with Crippen molar-refractivity contribution >= 4 is 28.7 Å². The highest BCUT2D eigenvalue weighted by atomic mass is 16.5. The van der Waals surface area contributed by atoms with Crippen molar-refractivity contribution in [3.05, 3.63) is 71.7 Å². The lowest BCUT2D eigenvalue weighted by atomic mass is 9.88. The van der Waals surface area contributed by atoms with E-state index < -0.39 is 30.0 Å². The van der Waals surface area contributed by atoms with Crippen molar-refractivity contribution < 1.29 is 28.6 Å². The van der Waals surface area contributed by atoms with Crippen LogP contribution in [0.4, 0.5) is 0 Å². The van der Waals surface area contributed by atoms with E-state index >= 15 is 0 Å². The summed E-state index contributed by atoms with van der Waals surface area (Å²) in [6.07, 6.45) is 6.56. The van der Waals surface area contributed by atoms with Gasteiger partial charge in [-0.1, -0.05) is 29.8 Å². The second kappa shape index (κ2) is 9.13. The van der Waals surface area contributed by atoms with Crippen LogP contribution in [0.15, 0.2) is 66.0 Å². The van der Waals surface area contributed by atoms with Gasteiger partial charge >= 0.3 is 11.9 Å². The largest absolute Gasteiger partial charge is 0.484 e. The number of hydrogen-bond acceptors (Lipinski definition) is 6. The Morgan fingerprint density at radius 3 is 2.88 bits per heavy atom. The molecule has 3 unspecified atom stereocenters. The van der Waals surface area contributed by atoms with Crippen molar-refractivity contribution in [1.29, 1.82) is 0 Å². The number of hydrogen-bond donors (Lipinski definition) is 2. The van der Waals surface area contributed by atoms with Gasteiger partial charge in [-0.05, 0) is 36.6 Å². The third-order valence-electron chi connectivity index (χ3n) is 5.47. The zero-order valence-electron chi connectivity index (χ0n) is 17.8. The molecule has 0 fully saturated rings. The highest BCUT2D eigenvalue weighted by Gasteiger charge is 2.30. The molecule has 8 heteroatoms. The lowest BCUT2D eigenvalue weighted by molar-refractivity contribution is -0.145. The summed E-state index contributed by atoms with van der Waals surface area (Å²) >= 11 is 0. The van der Waals surface area contributed by atoms with Crippen LogP contribution in [0.5, 0.6) is 0 Å². The summed E-state index contributed by atoms with van der Waals surface area (Å²) in [4.78, 5) is 39.5. The van der Waals surface area contributed by atoms with Crippen molar-refractivity contribution in [1.82, 2.24) is 10.3 Å². The van der Waals surface area contributed by atoms with E-state index in [0.29, 0.717) is 5.76 Å². The first-order valence-electron chi connectivity index (χ1n) is 10.3. The number of carbonyl (C=O) groups is 3. The Kier molecular flexibility index (Phi) is 6.11. The van der Waals surface area contributed by atoms with Gasteiger partial charge in [0.15, 0.2) is 6.61 Å². The number of rotatable bonds is 7. The first-order valence-corrected chi connectivity index (χ1v) is 10.3.